The Labute approximate surface area is 201 Å². The van der Waals surface area contributed by atoms with E-state index in [-0.39, 0.29) is 11.5 Å². The number of nitrogens with zero attached hydrogens (tertiary/aromatic N) is 3. The van der Waals surface area contributed by atoms with Crippen LogP contribution in [0.25, 0.3) is 10.6 Å². The second-order valence-electron chi connectivity index (χ2n) is 7.46. The normalized spacial score (nSPS) is 18.2. The Kier molecular flexibility index (Phi) is 8.49. The second-order valence-corrected chi connectivity index (χ2v) is 10.3. The Morgan fingerprint density at radius 1 is 1.21 bits per heavy atom. The maximum absolute atomic E-state index is 12.7. The van der Waals surface area contributed by atoms with Crippen LogP contribution in [0.1, 0.15) is 28.1 Å². The van der Waals surface area contributed by atoms with Crippen molar-refractivity contribution in [2.45, 2.75) is 19.3 Å². The van der Waals surface area contributed by atoms with Gasteiger partial charge in [-0.3, -0.25) is 9.19 Å². The van der Waals surface area contributed by atoms with E-state index in [4.69, 9.17) is 0 Å². The zero-order valence-corrected chi connectivity index (χ0v) is 20.6. The van der Waals surface area contributed by atoms with Gasteiger partial charge in [-0.25, -0.2) is 4.79 Å². The van der Waals surface area contributed by atoms with Gasteiger partial charge in [0.15, 0.2) is 5.50 Å². The molecule has 1 fully saturated rings. The molecule has 0 saturated carbocycles. The Morgan fingerprint density at radius 3 is 2.52 bits per heavy atom. The highest BCUT2D eigenvalue weighted by atomic mass is 32.2. The molecule has 0 radical (unpaired) electrons. The number of nitrogens with two attached hydrogens (primary N) is 1. The van der Waals surface area contributed by atoms with Crippen LogP contribution in [0, 0.1) is 25.2 Å². The Bertz CT molecular complexity index is 1100. The van der Waals surface area contributed by atoms with Gasteiger partial charge in [-0.05, 0) is 50.7 Å². The first kappa shape index (κ1) is 24.8. The summed E-state index contributed by atoms with van der Waals surface area (Å²) in [4.78, 5) is 19.9. The van der Waals surface area contributed by atoms with Crippen LogP contribution in [0.2, 0.25) is 0 Å². The summed E-state index contributed by atoms with van der Waals surface area (Å²) in [5.74, 6) is 1.04. The number of thioether (sulfide) groups is 1. The maximum Gasteiger partial charge on any atom is 0.319 e. The number of nitriles is 1. The lowest BCUT2D eigenvalue weighted by molar-refractivity contribution is 0.201. The van der Waals surface area contributed by atoms with E-state index in [0.29, 0.717) is 30.2 Å². The fraction of sp³-hybridized carbons (Fsp3) is 0.348. The van der Waals surface area contributed by atoms with Gasteiger partial charge in [-0.1, -0.05) is 23.9 Å². The average molecular weight is 485 g/mol. The molecule has 1 saturated heterocycles. The zero-order valence-electron chi connectivity index (χ0n) is 18.9. The van der Waals surface area contributed by atoms with E-state index < -0.39 is 10.8 Å². The predicted molar refractivity (Wildman–Crippen MR) is 134 cm³/mol. The van der Waals surface area contributed by atoms with Gasteiger partial charge in [0.05, 0.1) is 17.3 Å². The van der Waals surface area contributed by atoms with E-state index in [1.165, 1.54) is 18.8 Å². The van der Waals surface area contributed by atoms with Crippen molar-refractivity contribution in [1.82, 2.24) is 20.5 Å². The topological polar surface area (TPSA) is 124 Å². The van der Waals surface area contributed by atoms with Crippen molar-refractivity contribution in [3.05, 3.63) is 64.5 Å². The molecular formula is C23H28N6O2S2. The number of nitrogens with one attached hydrogen (secondary N) is 2. The number of carbonyl (C=O) groups excluding carboxylic acids is 1. The molecule has 1 aromatic heterocycles. The molecule has 2 amide bonds. The van der Waals surface area contributed by atoms with Crippen LogP contribution < -0.4 is 16.4 Å². The third-order valence-electron chi connectivity index (χ3n) is 5.08. The van der Waals surface area contributed by atoms with Crippen LogP contribution in [0.4, 0.5) is 4.79 Å². The lowest BCUT2D eigenvalue weighted by Gasteiger charge is -2.28. The smallest absolute Gasteiger partial charge is 0.319 e. The molecule has 4 rings (SSSR count). The number of amides is 2. The molecule has 174 valence electrons. The molecular weight excluding hydrogens is 456 g/mol. The summed E-state index contributed by atoms with van der Waals surface area (Å²) in [5.41, 5.74) is 9.33. The SMILES string of the molecule is CN.Cc1cc(C2=C(c3cccc(C#N)c3)NC(NC(=O)N3CCS(=O)CC3)S2)cc(C)n1. The minimum atomic E-state index is -0.833. The van der Waals surface area contributed by atoms with Gasteiger partial charge in [0.2, 0.25) is 0 Å². The van der Waals surface area contributed by atoms with Gasteiger partial charge in [0.1, 0.15) is 0 Å². The van der Waals surface area contributed by atoms with Gasteiger partial charge in [-0.15, -0.1) is 0 Å². The van der Waals surface area contributed by atoms with Crippen LogP contribution in [0.5, 0.6) is 0 Å². The molecule has 3 heterocycles. The van der Waals surface area contributed by atoms with Crippen molar-refractivity contribution < 1.29 is 9.00 Å². The van der Waals surface area contributed by atoms with Crippen molar-refractivity contribution in [1.29, 1.82) is 5.26 Å². The summed E-state index contributed by atoms with van der Waals surface area (Å²) in [6, 6.07) is 13.5. The Hall–Kier alpha value is -2.87. The van der Waals surface area contributed by atoms with Crippen LogP contribution in [-0.2, 0) is 10.8 Å². The van der Waals surface area contributed by atoms with Gasteiger partial charge in [-0.2, -0.15) is 5.26 Å². The maximum atomic E-state index is 12.7. The van der Waals surface area contributed by atoms with Gasteiger partial charge < -0.3 is 21.3 Å². The largest absolute Gasteiger partial charge is 0.355 e. The number of benzene rings is 1. The third kappa shape index (κ3) is 6.13. The van der Waals surface area contributed by atoms with Crippen molar-refractivity contribution in [3.63, 3.8) is 0 Å². The molecule has 4 N–H and O–H groups in total. The number of pyridine rings is 1. The van der Waals surface area contributed by atoms with Crippen LogP contribution in [0.15, 0.2) is 36.4 Å². The summed E-state index contributed by atoms with van der Waals surface area (Å²) in [7, 11) is 0.667. The van der Waals surface area contributed by atoms with Crippen molar-refractivity contribution in [2.24, 2.45) is 5.73 Å². The van der Waals surface area contributed by atoms with Crippen LogP contribution >= 0.6 is 11.8 Å². The molecule has 1 atom stereocenters. The molecule has 1 unspecified atom stereocenters. The van der Waals surface area contributed by atoms with Crippen LogP contribution in [0.3, 0.4) is 0 Å². The van der Waals surface area contributed by atoms with E-state index in [2.05, 4.69) is 27.4 Å². The monoisotopic (exact) mass is 484 g/mol. The summed E-state index contributed by atoms with van der Waals surface area (Å²) in [5, 5.41) is 15.8. The number of rotatable bonds is 3. The fourth-order valence-electron chi connectivity index (χ4n) is 3.65. The van der Waals surface area contributed by atoms with Gasteiger partial charge >= 0.3 is 6.03 Å². The number of urea groups is 1. The lowest BCUT2D eigenvalue weighted by atomic mass is 10.1. The first-order valence-corrected chi connectivity index (χ1v) is 12.9. The molecule has 1 aromatic carbocycles. The predicted octanol–water partition coefficient (Wildman–Crippen LogP) is 2.36. The molecule has 33 heavy (non-hydrogen) atoms. The number of aryl methyl sites for hydroxylation is 2. The lowest BCUT2D eigenvalue weighted by Crippen LogP contribution is -2.51. The van der Waals surface area contributed by atoms with Crippen LogP contribution in [-0.4, -0.2) is 57.3 Å². The third-order valence-corrected chi connectivity index (χ3v) is 7.50. The summed E-state index contributed by atoms with van der Waals surface area (Å²) < 4.78 is 11.6. The number of hydrogen-bond donors (Lipinski definition) is 3. The minimum Gasteiger partial charge on any atom is -0.355 e. The highest BCUT2D eigenvalue weighted by Gasteiger charge is 2.30. The summed E-state index contributed by atoms with van der Waals surface area (Å²) in [6.45, 7) is 4.91. The molecule has 0 spiro atoms. The van der Waals surface area contributed by atoms with Crippen molar-refractivity contribution >= 4 is 39.2 Å². The second kappa shape index (κ2) is 11.3. The molecule has 10 heteroatoms. The van der Waals surface area contributed by atoms with Gasteiger partial charge in [0.25, 0.3) is 0 Å². The molecule has 8 nitrogen and oxygen atoms in total. The Balaban J connectivity index is 0.00000149. The van der Waals surface area contributed by atoms with E-state index >= 15 is 0 Å². The van der Waals surface area contributed by atoms with E-state index in [0.717, 1.165) is 33.1 Å². The van der Waals surface area contributed by atoms with Crippen molar-refractivity contribution in [3.8, 4) is 6.07 Å². The van der Waals surface area contributed by atoms with Gasteiger partial charge in [0, 0.05) is 57.3 Å². The molecule has 2 aliphatic heterocycles. The molecule has 0 bridgehead atoms. The Morgan fingerprint density at radius 2 is 1.88 bits per heavy atom. The summed E-state index contributed by atoms with van der Waals surface area (Å²) >= 11 is 1.53. The number of hydrogen-bond acceptors (Lipinski definition) is 7. The molecule has 2 aromatic rings. The van der Waals surface area contributed by atoms with E-state index in [9.17, 15) is 14.3 Å². The highest BCUT2D eigenvalue weighted by molar-refractivity contribution is 8.09. The zero-order chi connectivity index (χ0) is 24.0. The molecule has 2 aliphatic rings. The molecule has 0 aliphatic carbocycles. The highest BCUT2D eigenvalue weighted by Crippen LogP contribution is 2.41. The average Bonchev–Trinajstić information content (AvgIpc) is 3.24. The first-order valence-electron chi connectivity index (χ1n) is 10.5. The number of aromatic nitrogens is 1. The summed E-state index contributed by atoms with van der Waals surface area (Å²) in [6.07, 6.45) is 0. The first-order chi connectivity index (χ1) is 15.9. The van der Waals surface area contributed by atoms with E-state index in [1.54, 1.807) is 11.0 Å². The minimum absolute atomic E-state index is 0.171. The van der Waals surface area contributed by atoms with Crippen molar-refractivity contribution in [2.75, 3.05) is 31.6 Å². The fourth-order valence-corrected chi connectivity index (χ4v) is 5.82. The standard InChI is InChI=1S/C22H23N5O2S2.CH5N/c1-14-10-18(11-15(2)24-14)20-19(17-5-3-4-16(12-17)13-23)25-21(30-20)26-22(28)27-6-8-31(29)9-7-27;1-2/h3-5,10-12,21,25H,6-9H2,1-2H3,(H,26,28);2H2,1H3. The van der Waals surface area contributed by atoms with E-state index in [1.807, 2.05) is 44.2 Å². The number of carbonyl (C=O) groups is 1. The quantitative estimate of drug-likeness (QED) is 0.611.